The molecule has 2 fully saturated rings. The number of imide groups is 2. The second-order valence-electron chi connectivity index (χ2n) is 8.88. The zero-order chi connectivity index (χ0) is 31.1. The molecule has 2 aliphatic rings. The van der Waals surface area contributed by atoms with Crippen molar-refractivity contribution in [3.8, 4) is 0 Å². The normalized spacial score (nSPS) is 15.2. The number of amides is 4. The summed E-state index contributed by atoms with van der Waals surface area (Å²) >= 11 is 0. The van der Waals surface area contributed by atoms with E-state index in [1.165, 1.54) is 0 Å². The van der Waals surface area contributed by atoms with E-state index in [1.54, 1.807) is 0 Å². The third-order valence-corrected chi connectivity index (χ3v) is 5.53. The Hall–Kier alpha value is -3.06. The minimum atomic E-state index is -0.713. The van der Waals surface area contributed by atoms with Gasteiger partial charge in [-0.15, -0.1) is 10.1 Å². The number of hydroxylamine groups is 4. The third kappa shape index (κ3) is 16.4. The first-order valence-corrected chi connectivity index (χ1v) is 14.1. The molecule has 0 atom stereocenters. The first-order chi connectivity index (χ1) is 20.9. The molecule has 17 nitrogen and oxygen atoms in total. The van der Waals surface area contributed by atoms with Gasteiger partial charge in [0.1, 0.15) is 0 Å². The Bertz CT molecular complexity index is 798. The summed E-state index contributed by atoms with van der Waals surface area (Å²) in [5.41, 5.74) is 0. The first kappa shape index (κ1) is 36.1. The molecule has 0 aromatic carbocycles. The van der Waals surface area contributed by atoms with Gasteiger partial charge in [-0.2, -0.15) is 0 Å². The highest BCUT2D eigenvalue weighted by Gasteiger charge is 2.33. The lowest BCUT2D eigenvalue weighted by atomic mass is 10.4. The average Bonchev–Trinajstić information content (AvgIpc) is 3.47. The van der Waals surface area contributed by atoms with E-state index >= 15 is 0 Å². The van der Waals surface area contributed by atoms with Crippen LogP contribution in [0.2, 0.25) is 0 Å². The zero-order valence-corrected chi connectivity index (χ0v) is 24.2. The highest BCUT2D eigenvalue weighted by atomic mass is 16.7. The fraction of sp³-hybridized carbons (Fsp3) is 0.769. The molecule has 0 saturated carbocycles. The van der Waals surface area contributed by atoms with Crippen LogP contribution in [0, 0.1) is 0 Å². The Morgan fingerprint density at radius 2 is 0.605 bits per heavy atom. The van der Waals surface area contributed by atoms with E-state index in [-0.39, 0.29) is 65.0 Å². The van der Waals surface area contributed by atoms with Gasteiger partial charge in [0.2, 0.25) is 0 Å². The first-order valence-electron chi connectivity index (χ1n) is 14.1. The van der Waals surface area contributed by atoms with Crippen molar-refractivity contribution < 1.29 is 71.6 Å². The molecule has 0 aromatic heterocycles. The van der Waals surface area contributed by atoms with Crippen LogP contribution in [-0.2, 0) is 71.6 Å². The minimum Gasteiger partial charge on any atom is -0.378 e. The van der Waals surface area contributed by atoms with Gasteiger partial charge in [-0.25, -0.2) is 9.59 Å². The summed E-state index contributed by atoms with van der Waals surface area (Å²) in [4.78, 5) is 78.2. The summed E-state index contributed by atoms with van der Waals surface area (Å²) in [6.07, 6.45) is 0.0181. The molecule has 2 saturated heterocycles. The molecule has 0 aromatic rings. The second kappa shape index (κ2) is 22.5. The number of carbonyl (C=O) groups is 6. The molecule has 2 heterocycles. The van der Waals surface area contributed by atoms with Crippen LogP contribution in [0.1, 0.15) is 38.5 Å². The Morgan fingerprint density at radius 3 is 0.837 bits per heavy atom. The van der Waals surface area contributed by atoms with E-state index in [0.29, 0.717) is 76.2 Å². The van der Waals surface area contributed by atoms with Gasteiger partial charge < -0.3 is 42.8 Å². The smallest absolute Gasteiger partial charge is 0.335 e. The lowest BCUT2D eigenvalue weighted by Crippen LogP contribution is -2.32. The third-order valence-electron chi connectivity index (χ3n) is 5.53. The maximum absolute atomic E-state index is 11.6. The van der Waals surface area contributed by atoms with Gasteiger partial charge in [0.25, 0.3) is 23.6 Å². The summed E-state index contributed by atoms with van der Waals surface area (Å²) in [5, 5.41) is 1.01. The summed E-state index contributed by atoms with van der Waals surface area (Å²) in [6.45, 7) is 4.45. The van der Waals surface area contributed by atoms with Crippen LogP contribution in [0.4, 0.5) is 0 Å². The van der Waals surface area contributed by atoms with Crippen LogP contribution in [0.15, 0.2) is 0 Å². The van der Waals surface area contributed by atoms with Gasteiger partial charge >= 0.3 is 11.9 Å². The Kier molecular flexibility index (Phi) is 18.9. The van der Waals surface area contributed by atoms with Crippen molar-refractivity contribution >= 4 is 35.6 Å². The molecule has 0 unspecified atom stereocenters. The molecular weight excluding hydrogens is 580 g/mol. The Labute approximate surface area is 248 Å². The van der Waals surface area contributed by atoms with Crippen molar-refractivity contribution in [3.63, 3.8) is 0 Å². The molecule has 244 valence electrons. The lowest BCUT2D eigenvalue weighted by molar-refractivity contribution is -0.198. The van der Waals surface area contributed by atoms with Gasteiger partial charge in [-0.1, -0.05) is 0 Å². The summed E-state index contributed by atoms with van der Waals surface area (Å²) < 4.78 is 37.4. The molecule has 0 bridgehead atoms. The van der Waals surface area contributed by atoms with Crippen molar-refractivity contribution in [1.82, 2.24) is 10.1 Å². The van der Waals surface area contributed by atoms with Gasteiger partial charge in [0, 0.05) is 25.7 Å². The molecule has 0 aliphatic carbocycles. The molecule has 17 heteroatoms. The Balaban J connectivity index is 1.22. The van der Waals surface area contributed by atoms with Crippen molar-refractivity contribution in [3.05, 3.63) is 0 Å². The molecule has 0 radical (unpaired) electrons. The number of hydrogen-bond donors (Lipinski definition) is 0. The largest absolute Gasteiger partial charge is 0.378 e. The van der Waals surface area contributed by atoms with Crippen molar-refractivity contribution in [2.45, 2.75) is 38.5 Å². The molecule has 2 rings (SSSR count). The Morgan fingerprint density at radius 1 is 0.395 bits per heavy atom. The van der Waals surface area contributed by atoms with Crippen LogP contribution in [0.25, 0.3) is 0 Å². The predicted molar refractivity (Wildman–Crippen MR) is 139 cm³/mol. The van der Waals surface area contributed by atoms with E-state index in [9.17, 15) is 28.8 Å². The summed E-state index contributed by atoms with van der Waals surface area (Å²) in [6, 6.07) is 0. The van der Waals surface area contributed by atoms with E-state index in [4.69, 9.17) is 42.8 Å². The fourth-order valence-electron chi connectivity index (χ4n) is 3.34. The van der Waals surface area contributed by atoms with Gasteiger partial charge in [0.05, 0.1) is 105 Å². The van der Waals surface area contributed by atoms with Crippen LogP contribution in [0.3, 0.4) is 0 Å². The van der Waals surface area contributed by atoms with E-state index in [0.717, 1.165) is 0 Å². The number of hydrogen-bond acceptors (Lipinski definition) is 15. The molecule has 0 N–H and O–H groups in total. The molecule has 2 aliphatic heterocycles. The average molecular weight is 621 g/mol. The second-order valence-corrected chi connectivity index (χ2v) is 8.88. The summed E-state index contributed by atoms with van der Waals surface area (Å²) in [7, 11) is 0. The minimum absolute atomic E-state index is 0.0488. The zero-order valence-electron chi connectivity index (χ0n) is 24.2. The molecule has 4 amide bonds. The monoisotopic (exact) mass is 620 g/mol. The highest BCUT2D eigenvalue weighted by molar-refractivity contribution is 6.02. The molecular formula is C26H40N2O15. The molecule has 0 spiro atoms. The van der Waals surface area contributed by atoms with Gasteiger partial charge in [-0.05, 0) is 0 Å². The maximum atomic E-state index is 11.6. The standard InChI is InChI=1S/C26H40N2O15/c29-21-1-2-22(30)27(21)42-25(33)5-7-35-9-11-37-13-15-39-17-19-41-20-18-40-16-14-38-12-10-36-8-6-26(34)43-28-23(31)3-4-24(28)32/h1-20H2. The SMILES string of the molecule is O=C(CCOCCOCCOCCOCCOCCOCCOCCC(=O)ON1C(=O)CCC1=O)ON1C(=O)CCC1=O. The van der Waals surface area contributed by atoms with Crippen LogP contribution in [0.5, 0.6) is 0 Å². The molecule has 43 heavy (non-hydrogen) atoms. The van der Waals surface area contributed by atoms with E-state index in [1.807, 2.05) is 0 Å². The number of rotatable bonds is 26. The predicted octanol–water partition coefficient (Wildman–Crippen LogP) is -0.903. The quantitative estimate of drug-likeness (QED) is 0.0852. The number of nitrogens with zero attached hydrogens (tertiary/aromatic N) is 2. The highest BCUT2D eigenvalue weighted by Crippen LogP contribution is 2.13. The van der Waals surface area contributed by atoms with Crippen LogP contribution in [-0.4, -0.2) is 138 Å². The van der Waals surface area contributed by atoms with E-state index in [2.05, 4.69) is 0 Å². The van der Waals surface area contributed by atoms with Crippen molar-refractivity contribution in [2.75, 3.05) is 92.5 Å². The van der Waals surface area contributed by atoms with Crippen LogP contribution < -0.4 is 0 Å². The summed E-state index contributed by atoms with van der Waals surface area (Å²) in [5.74, 6) is -3.51. The topological polar surface area (TPSA) is 192 Å². The lowest BCUT2D eigenvalue weighted by Gasteiger charge is -2.12. The maximum Gasteiger partial charge on any atom is 0.335 e. The van der Waals surface area contributed by atoms with Gasteiger partial charge in [0.15, 0.2) is 0 Å². The fourth-order valence-corrected chi connectivity index (χ4v) is 3.34. The van der Waals surface area contributed by atoms with Crippen molar-refractivity contribution in [1.29, 1.82) is 0 Å². The van der Waals surface area contributed by atoms with Crippen molar-refractivity contribution in [2.24, 2.45) is 0 Å². The number of ether oxygens (including phenoxy) is 7. The van der Waals surface area contributed by atoms with Gasteiger partial charge in [-0.3, -0.25) is 19.2 Å². The number of carbonyl (C=O) groups excluding carboxylic acids is 6. The van der Waals surface area contributed by atoms with Crippen LogP contribution >= 0.6 is 0 Å². The van der Waals surface area contributed by atoms with E-state index < -0.39 is 35.6 Å².